The summed E-state index contributed by atoms with van der Waals surface area (Å²) in [5.74, 6) is 0.116. The summed E-state index contributed by atoms with van der Waals surface area (Å²) in [6, 6.07) is 8.05. The molecule has 5 nitrogen and oxygen atoms in total. The van der Waals surface area contributed by atoms with Crippen LogP contribution in [0.5, 0.6) is 0 Å². The fourth-order valence-electron chi connectivity index (χ4n) is 3.55. The van der Waals surface area contributed by atoms with Crippen LogP contribution in [-0.2, 0) is 0 Å². The second kappa shape index (κ2) is 8.45. The predicted octanol–water partition coefficient (Wildman–Crippen LogP) is 3.89. The number of halogens is 1. The molecule has 0 bridgehead atoms. The average Bonchev–Trinajstić information content (AvgIpc) is 3.14. The predicted molar refractivity (Wildman–Crippen MR) is 97.5 cm³/mol. The highest BCUT2D eigenvalue weighted by molar-refractivity contribution is 5.91. The maximum atomic E-state index is 13.1. The lowest BCUT2D eigenvalue weighted by Gasteiger charge is -2.24. The van der Waals surface area contributed by atoms with Crippen molar-refractivity contribution in [3.05, 3.63) is 53.2 Å². The first-order valence-corrected chi connectivity index (χ1v) is 9.21. The molecule has 1 aromatic carbocycles. The van der Waals surface area contributed by atoms with Crippen LogP contribution >= 0.6 is 0 Å². The van der Waals surface area contributed by atoms with Crippen LogP contribution in [0.15, 0.2) is 34.9 Å². The number of hydrogen-bond acceptors (Lipinski definition) is 4. The van der Waals surface area contributed by atoms with Crippen LogP contribution in [-0.4, -0.2) is 36.6 Å². The zero-order valence-electron chi connectivity index (χ0n) is 15.4. The summed E-state index contributed by atoms with van der Waals surface area (Å²) < 4.78 is 18.4. The van der Waals surface area contributed by atoms with Gasteiger partial charge in [-0.25, -0.2) is 4.39 Å². The van der Waals surface area contributed by atoms with E-state index in [2.05, 4.69) is 10.5 Å². The Hall–Kier alpha value is -2.21. The maximum Gasteiger partial charge on any atom is 0.289 e. The van der Waals surface area contributed by atoms with Crippen molar-refractivity contribution in [3.63, 3.8) is 0 Å². The van der Waals surface area contributed by atoms with Gasteiger partial charge in [-0.3, -0.25) is 4.79 Å². The molecular formula is C20H26FN3O2. The van der Waals surface area contributed by atoms with E-state index >= 15 is 0 Å². The average molecular weight is 359 g/mol. The smallest absolute Gasteiger partial charge is 0.289 e. The van der Waals surface area contributed by atoms with Gasteiger partial charge in [-0.1, -0.05) is 36.6 Å². The number of aromatic nitrogens is 1. The van der Waals surface area contributed by atoms with Gasteiger partial charge in [-0.05, 0) is 44.6 Å². The molecular weight excluding hydrogens is 333 g/mol. The first-order valence-electron chi connectivity index (χ1n) is 9.21. The van der Waals surface area contributed by atoms with Crippen LogP contribution < -0.4 is 5.32 Å². The number of nitrogens with one attached hydrogen (secondary N) is 1. The Labute approximate surface area is 153 Å². The summed E-state index contributed by atoms with van der Waals surface area (Å²) in [4.78, 5) is 14.4. The van der Waals surface area contributed by atoms with Crippen molar-refractivity contribution in [2.45, 2.75) is 44.1 Å². The van der Waals surface area contributed by atoms with Gasteiger partial charge in [0.05, 0.1) is 11.7 Å². The quantitative estimate of drug-likeness (QED) is 0.850. The molecule has 1 aliphatic rings. The minimum atomic E-state index is -0.271. The summed E-state index contributed by atoms with van der Waals surface area (Å²) in [6.45, 7) is 0.400. The largest absolute Gasteiger partial charge is 0.351 e. The van der Waals surface area contributed by atoms with Gasteiger partial charge in [0.2, 0.25) is 5.76 Å². The van der Waals surface area contributed by atoms with Gasteiger partial charge in [0.15, 0.2) is 0 Å². The molecule has 26 heavy (non-hydrogen) atoms. The minimum absolute atomic E-state index is 0.0553. The second-order valence-electron chi connectivity index (χ2n) is 7.19. The van der Waals surface area contributed by atoms with Crippen molar-refractivity contribution >= 4 is 5.91 Å². The zero-order chi connectivity index (χ0) is 18.5. The van der Waals surface area contributed by atoms with Gasteiger partial charge in [0.1, 0.15) is 5.82 Å². The van der Waals surface area contributed by atoms with Crippen molar-refractivity contribution in [2.24, 2.45) is 0 Å². The van der Waals surface area contributed by atoms with Crippen LogP contribution in [0, 0.1) is 5.82 Å². The molecule has 0 aliphatic heterocycles. The summed E-state index contributed by atoms with van der Waals surface area (Å²) in [5.41, 5.74) is 1.83. The van der Waals surface area contributed by atoms with Gasteiger partial charge >= 0.3 is 0 Å². The molecule has 6 heteroatoms. The van der Waals surface area contributed by atoms with E-state index in [4.69, 9.17) is 4.52 Å². The zero-order valence-corrected chi connectivity index (χ0v) is 15.4. The van der Waals surface area contributed by atoms with E-state index in [0.717, 1.165) is 24.1 Å². The molecule has 140 valence electrons. The van der Waals surface area contributed by atoms with Crippen LogP contribution in [0.1, 0.15) is 65.9 Å². The molecule has 1 atom stereocenters. The maximum absolute atomic E-state index is 13.1. The third-order valence-corrected chi connectivity index (χ3v) is 5.11. The Bertz CT molecular complexity index is 721. The molecule has 1 saturated carbocycles. The van der Waals surface area contributed by atoms with Crippen LogP contribution in [0.3, 0.4) is 0 Å². The van der Waals surface area contributed by atoms with Crippen LogP contribution in [0.25, 0.3) is 0 Å². The minimum Gasteiger partial charge on any atom is -0.351 e. The Morgan fingerprint density at radius 1 is 1.27 bits per heavy atom. The molecule has 1 heterocycles. The van der Waals surface area contributed by atoms with E-state index in [9.17, 15) is 9.18 Å². The highest BCUT2D eigenvalue weighted by atomic mass is 19.1. The summed E-state index contributed by atoms with van der Waals surface area (Å²) in [7, 11) is 3.85. The number of hydrogen-bond donors (Lipinski definition) is 1. The fourth-order valence-corrected chi connectivity index (χ4v) is 3.55. The normalized spacial score (nSPS) is 16.6. The van der Waals surface area contributed by atoms with Gasteiger partial charge in [-0.15, -0.1) is 0 Å². The van der Waals surface area contributed by atoms with E-state index in [1.54, 1.807) is 18.2 Å². The van der Waals surface area contributed by atoms with Gasteiger partial charge in [0.25, 0.3) is 5.91 Å². The number of likely N-dealkylation sites (N-methyl/N-ethyl adjacent to an activating group) is 1. The lowest BCUT2D eigenvalue weighted by molar-refractivity contribution is 0.0904. The first-order chi connectivity index (χ1) is 12.5. The summed E-state index contributed by atoms with van der Waals surface area (Å²) in [6.07, 6.45) is 5.92. The Morgan fingerprint density at radius 2 is 1.96 bits per heavy atom. The number of amides is 1. The molecule has 3 rings (SSSR count). The Balaban J connectivity index is 1.61. The molecule has 1 amide bonds. The highest BCUT2D eigenvalue weighted by Gasteiger charge is 2.22. The second-order valence-corrected chi connectivity index (χ2v) is 7.19. The highest BCUT2D eigenvalue weighted by Crippen LogP contribution is 2.32. The van der Waals surface area contributed by atoms with E-state index in [1.165, 1.54) is 31.4 Å². The lowest BCUT2D eigenvalue weighted by Crippen LogP contribution is -2.34. The molecule has 0 unspecified atom stereocenters. The Morgan fingerprint density at radius 3 is 2.62 bits per heavy atom. The van der Waals surface area contributed by atoms with Crippen molar-refractivity contribution < 1.29 is 13.7 Å². The van der Waals surface area contributed by atoms with E-state index in [1.807, 2.05) is 19.0 Å². The fraction of sp³-hybridized carbons (Fsp3) is 0.500. The number of carbonyl (C=O) groups excluding carboxylic acids is 1. The van der Waals surface area contributed by atoms with Gasteiger partial charge < -0.3 is 14.7 Å². The summed E-state index contributed by atoms with van der Waals surface area (Å²) >= 11 is 0. The molecule has 1 aromatic heterocycles. The summed E-state index contributed by atoms with van der Waals surface area (Å²) in [5, 5.41) is 7.00. The van der Waals surface area contributed by atoms with E-state index in [-0.39, 0.29) is 23.5 Å². The standard InChI is InChI=1S/C20H26FN3O2/c1-24(2)18(15-8-10-16(21)11-9-15)13-22-20(25)19-12-17(23-26-19)14-6-4-3-5-7-14/h8-12,14,18H,3-7,13H2,1-2H3,(H,22,25)/t18-/m0/s1. The SMILES string of the molecule is CN(C)[C@@H](CNC(=O)c1cc(C2CCCCC2)no1)c1ccc(F)cc1. The first kappa shape index (κ1) is 18.6. The lowest BCUT2D eigenvalue weighted by atomic mass is 9.87. The molecule has 0 radical (unpaired) electrons. The van der Waals surface area contributed by atoms with E-state index in [0.29, 0.717) is 12.5 Å². The third kappa shape index (κ3) is 4.49. The van der Waals surface area contributed by atoms with Crippen molar-refractivity contribution in [1.29, 1.82) is 0 Å². The van der Waals surface area contributed by atoms with Crippen LogP contribution in [0.4, 0.5) is 4.39 Å². The number of carbonyl (C=O) groups is 1. The molecule has 1 aliphatic carbocycles. The van der Waals surface area contributed by atoms with Crippen molar-refractivity contribution in [1.82, 2.24) is 15.4 Å². The number of rotatable bonds is 6. The third-order valence-electron chi connectivity index (χ3n) is 5.11. The van der Waals surface area contributed by atoms with Crippen molar-refractivity contribution in [2.75, 3.05) is 20.6 Å². The number of nitrogens with zero attached hydrogens (tertiary/aromatic N) is 2. The Kier molecular flexibility index (Phi) is 6.04. The monoisotopic (exact) mass is 359 g/mol. The van der Waals surface area contributed by atoms with E-state index < -0.39 is 0 Å². The molecule has 0 saturated heterocycles. The molecule has 1 N–H and O–H groups in total. The van der Waals surface area contributed by atoms with Crippen LogP contribution in [0.2, 0.25) is 0 Å². The topological polar surface area (TPSA) is 58.4 Å². The number of benzene rings is 1. The molecule has 0 spiro atoms. The van der Waals surface area contributed by atoms with Crippen molar-refractivity contribution in [3.8, 4) is 0 Å². The van der Waals surface area contributed by atoms with Gasteiger partial charge in [0, 0.05) is 18.5 Å². The van der Waals surface area contributed by atoms with Gasteiger partial charge in [-0.2, -0.15) is 0 Å². The molecule has 1 fully saturated rings. The molecule has 2 aromatic rings.